The van der Waals surface area contributed by atoms with Crippen molar-refractivity contribution < 1.29 is 0 Å². The van der Waals surface area contributed by atoms with Gasteiger partial charge < -0.3 is 5.73 Å². The van der Waals surface area contributed by atoms with Crippen LogP contribution in [0.5, 0.6) is 0 Å². The molecule has 1 unspecified atom stereocenters. The van der Waals surface area contributed by atoms with E-state index >= 15 is 0 Å². The highest BCUT2D eigenvalue weighted by molar-refractivity contribution is 5.27. The topological polar surface area (TPSA) is 51.8 Å². The normalized spacial score (nSPS) is 12.4. The lowest BCUT2D eigenvalue weighted by Gasteiger charge is -2.14. The van der Waals surface area contributed by atoms with Crippen LogP contribution in [-0.2, 0) is 0 Å². The Morgan fingerprint density at radius 3 is 2.75 bits per heavy atom. The molecule has 0 radical (unpaired) electrons. The molecule has 2 aromatic rings. The van der Waals surface area contributed by atoms with E-state index in [1.54, 1.807) is 6.20 Å². The van der Waals surface area contributed by atoms with Crippen molar-refractivity contribution in [3.63, 3.8) is 0 Å². The summed E-state index contributed by atoms with van der Waals surface area (Å²) in [5.41, 5.74) is 8.96. The van der Waals surface area contributed by atoms with E-state index in [9.17, 15) is 0 Å². The van der Waals surface area contributed by atoms with Gasteiger partial charge in [0.05, 0.1) is 0 Å². The van der Waals surface area contributed by atoms with E-state index in [0.29, 0.717) is 6.54 Å². The highest BCUT2D eigenvalue weighted by Crippen LogP contribution is 2.20. The van der Waals surface area contributed by atoms with Gasteiger partial charge in [0.25, 0.3) is 0 Å². The third-order valence-corrected chi connectivity index (χ3v) is 2.59. The third-order valence-electron chi connectivity index (χ3n) is 2.59. The van der Waals surface area contributed by atoms with Crippen LogP contribution in [0.3, 0.4) is 0 Å². The number of aromatic nitrogens is 2. The fraction of sp³-hybridized carbons (Fsp3) is 0.231. The Balaban J connectivity index is 2.37. The molecule has 2 rings (SSSR count). The molecule has 3 heteroatoms. The molecule has 0 saturated carbocycles. The molecule has 2 N–H and O–H groups in total. The van der Waals surface area contributed by atoms with Gasteiger partial charge >= 0.3 is 0 Å². The van der Waals surface area contributed by atoms with Crippen LogP contribution in [0.15, 0.2) is 42.7 Å². The van der Waals surface area contributed by atoms with E-state index in [0.717, 1.165) is 17.0 Å². The second-order valence-corrected chi connectivity index (χ2v) is 3.78. The van der Waals surface area contributed by atoms with Crippen molar-refractivity contribution in [2.24, 2.45) is 5.73 Å². The number of nitrogens with zero attached hydrogens (tertiary/aromatic N) is 2. The van der Waals surface area contributed by atoms with Gasteiger partial charge in [-0.1, -0.05) is 12.1 Å². The fourth-order valence-electron chi connectivity index (χ4n) is 1.77. The molecular weight excluding hydrogens is 198 g/mol. The average molecular weight is 213 g/mol. The van der Waals surface area contributed by atoms with Gasteiger partial charge in [-0.3, -0.25) is 9.97 Å². The molecule has 0 fully saturated rings. The Kier molecular flexibility index (Phi) is 3.27. The van der Waals surface area contributed by atoms with Crippen molar-refractivity contribution in [3.05, 3.63) is 59.7 Å². The van der Waals surface area contributed by atoms with Crippen LogP contribution < -0.4 is 5.73 Å². The van der Waals surface area contributed by atoms with E-state index in [-0.39, 0.29) is 5.92 Å². The lowest BCUT2D eigenvalue weighted by atomic mass is 9.97. The largest absolute Gasteiger partial charge is 0.329 e. The zero-order valence-electron chi connectivity index (χ0n) is 9.30. The monoisotopic (exact) mass is 213 g/mol. The average Bonchev–Trinajstić information content (AvgIpc) is 2.31. The van der Waals surface area contributed by atoms with E-state index in [1.165, 1.54) is 0 Å². The van der Waals surface area contributed by atoms with Gasteiger partial charge in [-0.05, 0) is 30.7 Å². The number of pyridine rings is 2. The maximum absolute atomic E-state index is 5.82. The van der Waals surface area contributed by atoms with Crippen LogP contribution in [0.4, 0.5) is 0 Å². The van der Waals surface area contributed by atoms with Crippen molar-refractivity contribution >= 4 is 0 Å². The van der Waals surface area contributed by atoms with Gasteiger partial charge in [-0.15, -0.1) is 0 Å². The highest BCUT2D eigenvalue weighted by Gasteiger charge is 2.13. The first-order valence-electron chi connectivity index (χ1n) is 5.35. The number of hydrogen-bond acceptors (Lipinski definition) is 3. The van der Waals surface area contributed by atoms with Crippen molar-refractivity contribution in [1.29, 1.82) is 0 Å². The summed E-state index contributed by atoms with van der Waals surface area (Å²) in [7, 11) is 0. The van der Waals surface area contributed by atoms with Crippen LogP contribution in [0.1, 0.15) is 22.9 Å². The summed E-state index contributed by atoms with van der Waals surface area (Å²) in [6.45, 7) is 2.53. The van der Waals surface area contributed by atoms with Crippen LogP contribution in [0.25, 0.3) is 0 Å². The minimum absolute atomic E-state index is 0.133. The number of nitrogens with two attached hydrogens (primary N) is 1. The lowest BCUT2D eigenvalue weighted by molar-refractivity contribution is 0.778. The Morgan fingerprint density at radius 1 is 1.25 bits per heavy atom. The molecule has 0 saturated heterocycles. The minimum Gasteiger partial charge on any atom is -0.329 e. The molecule has 82 valence electrons. The molecule has 1 atom stereocenters. The predicted octanol–water partition coefficient (Wildman–Crippen LogP) is 1.88. The summed E-state index contributed by atoms with van der Waals surface area (Å²) in [6.07, 6.45) is 3.61. The lowest BCUT2D eigenvalue weighted by Crippen LogP contribution is -2.15. The Hall–Kier alpha value is -1.74. The maximum atomic E-state index is 5.82. The molecule has 0 aliphatic rings. The summed E-state index contributed by atoms with van der Waals surface area (Å²) in [5.74, 6) is 0.133. The van der Waals surface area contributed by atoms with Gasteiger partial charge in [0.15, 0.2) is 0 Å². The first kappa shape index (κ1) is 10.8. The smallest absolute Gasteiger partial charge is 0.0494 e. The minimum atomic E-state index is 0.133. The van der Waals surface area contributed by atoms with Crippen LogP contribution in [-0.4, -0.2) is 16.5 Å². The molecule has 2 heterocycles. The molecule has 0 spiro atoms. The van der Waals surface area contributed by atoms with E-state index in [4.69, 9.17) is 5.73 Å². The highest BCUT2D eigenvalue weighted by atomic mass is 14.7. The summed E-state index contributed by atoms with van der Waals surface area (Å²) in [6, 6.07) is 9.97. The Morgan fingerprint density at radius 2 is 2.12 bits per heavy atom. The first-order valence-corrected chi connectivity index (χ1v) is 5.35. The summed E-state index contributed by atoms with van der Waals surface area (Å²) >= 11 is 0. The molecule has 0 bridgehead atoms. The van der Waals surface area contributed by atoms with Crippen molar-refractivity contribution in [2.45, 2.75) is 12.8 Å². The van der Waals surface area contributed by atoms with E-state index in [1.807, 2.05) is 43.5 Å². The van der Waals surface area contributed by atoms with Gasteiger partial charge in [0.1, 0.15) is 0 Å². The number of aryl methyl sites for hydroxylation is 1. The standard InChI is InChI=1S/C13H15N3/c1-10-4-2-6-13(16-10)12(8-14)11-5-3-7-15-9-11/h2-7,9,12H,8,14H2,1H3. The van der Waals surface area contributed by atoms with Crippen LogP contribution in [0.2, 0.25) is 0 Å². The maximum Gasteiger partial charge on any atom is 0.0494 e. The zero-order chi connectivity index (χ0) is 11.4. The Labute approximate surface area is 95.4 Å². The molecule has 0 amide bonds. The molecule has 0 aromatic carbocycles. The van der Waals surface area contributed by atoms with Gasteiger partial charge in [-0.2, -0.15) is 0 Å². The predicted molar refractivity (Wildman–Crippen MR) is 64.1 cm³/mol. The van der Waals surface area contributed by atoms with Crippen LogP contribution in [0, 0.1) is 6.92 Å². The SMILES string of the molecule is Cc1cccc(C(CN)c2cccnc2)n1. The Bertz CT molecular complexity index is 454. The summed E-state index contributed by atoms with van der Waals surface area (Å²) < 4.78 is 0. The molecule has 0 aliphatic heterocycles. The molecule has 3 nitrogen and oxygen atoms in total. The van der Waals surface area contributed by atoms with Crippen molar-refractivity contribution in [3.8, 4) is 0 Å². The van der Waals surface area contributed by atoms with Crippen molar-refractivity contribution in [2.75, 3.05) is 6.54 Å². The zero-order valence-corrected chi connectivity index (χ0v) is 9.30. The quantitative estimate of drug-likeness (QED) is 0.846. The van der Waals surface area contributed by atoms with Gasteiger partial charge in [0, 0.05) is 36.2 Å². The fourth-order valence-corrected chi connectivity index (χ4v) is 1.77. The number of rotatable bonds is 3. The van der Waals surface area contributed by atoms with Crippen molar-refractivity contribution in [1.82, 2.24) is 9.97 Å². The molecule has 0 aliphatic carbocycles. The number of hydrogen-bond donors (Lipinski definition) is 1. The second-order valence-electron chi connectivity index (χ2n) is 3.78. The first-order chi connectivity index (χ1) is 7.81. The second kappa shape index (κ2) is 4.86. The van der Waals surface area contributed by atoms with E-state index in [2.05, 4.69) is 9.97 Å². The van der Waals surface area contributed by atoms with Gasteiger partial charge in [0.2, 0.25) is 0 Å². The molecule has 2 aromatic heterocycles. The summed E-state index contributed by atoms with van der Waals surface area (Å²) in [4.78, 5) is 8.63. The van der Waals surface area contributed by atoms with E-state index < -0.39 is 0 Å². The summed E-state index contributed by atoms with van der Waals surface area (Å²) in [5, 5.41) is 0. The molecule has 16 heavy (non-hydrogen) atoms. The van der Waals surface area contributed by atoms with Gasteiger partial charge in [-0.25, -0.2) is 0 Å². The third kappa shape index (κ3) is 2.25. The van der Waals surface area contributed by atoms with Crippen LogP contribution >= 0.6 is 0 Å². The molecular formula is C13H15N3.